The summed E-state index contributed by atoms with van der Waals surface area (Å²) in [5.41, 5.74) is 4.22. The maximum atomic E-state index is 7.17. The quantitative estimate of drug-likeness (QED) is 0.130. The number of methoxy groups -OCH3 is 1. The minimum atomic E-state index is -0.382. The highest BCUT2D eigenvalue weighted by molar-refractivity contribution is 8.00. The van der Waals surface area contributed by atoms with Gasteiger partial charge in [0.05, 0.1) is 43.9 Å². The van der Waals surface area contributed by atoms with E-state index in [0.29, 0.717) is 26.4 Å². The molecule has 1 saturated heterocycles. The summed E-state index contributed by atoms with van der Waals surface area (Å²) in [5.74, 6) is 0. The second-order valence-electron chi connectivity index (χ2n) is 12.7. The largest absolute Gasteiger partial charge is 0.381 e. The van der Waals surface area contributed by atoms with Gasteiger partial charge in [-0.15, -0.1) is 11.8 Å². The van der Waals surface area contributed by atoms with Gasteiger partial charge in [0.2, 0.25) is 0 Å². The van der Waals surface area contributed by atoms with Gasteiger partial charge in [-0.25, -0.2) is 0 Å². The van der Waals surface area contributed by atoms with Crippen LogP contribution in [0.25, 0.3) is 0 Å². The second-order valence-corrected chi connectivity index (χ2v) is 14.0. The van der Waals surface area contributed by atoms with E-state index in [1.807, 2.05) is 42.5 Å². The summed E-state index contributed by atoms with van der Waals surface area (Å²) in [6, 6.07) is 39.6. The van der Waals surface area contributed by atoms with Crippen LogP contribution in [-0.2, 0) is 43.5 Å². The fourth-order valence-electron chi connectivity index (χ4n) is 5.88. The van der Waals surface area contributed by atoms with Crippen LogP contribution >= 0.6 is 11.8 Å². The monoisotopic (exact) mass is 640 g/mol. The van der Waals surface area contributed by atoms with Crippen molar-refractivity contribution in [2.75, 3.05) is 13.7 Å². The molecule has 0 radical (unpaired) electrons. The van der Waals surface area contributed by atoms with Crippen molar-refractivity contribution in [1.29, 1.82) is 0 Å². The fraction of sp³-hybridized carbons (Fsp3) is 0.400. The lowest BCUT2D eigenvalue weighted by Gasteiger charge is -2.52. The van der Waals surface area contributed by atoms with Crippen molar-refractivity contribution in [2.45, 2.75) is 88.2 Å². The predicted molar refractivity (Wildman–Crippen MR) is 186 cm³/mol. The summed E-state index contributed by atoms with van der Waals surface area (Å²) in [6.45, 7) is 10.5. The second kappa shape index (κ2) is 16.7. The van der Waals surface area contributed by atoms with Crippen LogP contribution in [0.3, 0.4) is 0 Å². The van der Waals surface area contributed by atoms with Crippen molar-refractivity contribution in [3.63, 3.8) is 0 Å². The van der Waals surface area contributed by atoms with Gasteiger partial charge in [-0.3, -0.25) is 0 Å². The summed E-state index contributed by atoms with van der Waals surface area (Å²) < 4.78 is 33.3. The number of ether oxygens (including phenoxy) is 5. The molecule has 0 N–H and O–H groups in total. The SMILES string of the molecule is CO[C@@H](C)C(C)(C)[C@@H]1O[C@H](COCc2ccccc2)[C@@H](OCc2ccccc2)[C@H](OCc2ccccc2)[C@H]1Sc1ccc(C)cc1. The molecule has 1 heterocycles. The molecule has 1 fully saturated rings. The van der Waals surface area contributed by atoms with E-state index >= 15 is 0 Å². The van der Waals surface area contributed by atoms with Crippen LogP contribution in [0.5, 0.6) is 0 Å². The molecule has 4 aromatic carbocycles. The zero-order valence-corrected chi connectivity index (χ0v) is 28.5. The third-order valence-electron chi connectivity index (χ3n) is 9.03. The first kappa shape index (κ1) is 34.4. The Kier molecular flexibility index (Phi) is 12.5. The van der Waals surface area contributed by atoms with Crippen LogP contribution < -0.4 is 0 Å². The normalized spacial score (nSPS) is 22.4. The lowest BCUT2D eigenvalue weighted by atomic mass is 9.76. The van der Waals surface area contributed by atoms with Gasteiger partial charge < -0.3 is 23.7 Å². The van der Waals surface area contributed by atoms with Gasteiger partial charge in [-0.2, -0.15) is 0 Å². The number of rotatable bonds is 15. The highest BCUT2D eigenvalue weighted by Gasteiger charge is 2.54. The number of thioether (sulfide) groups is 1. The third kappa shape index (κ3) is 9.09. The van der Waals surface area contributed by atoms with Crippen molar-refractivity contribution in [3.8, 4) is 0 Å². The Morgan fingerprint density at radius 1 is 0.696 bits per heavy atom. The van der Waals surface area contributed by atoms with Crippen molar-refractivity contribution in [3.05, 3.63) is 138 Å². The van der Waals surface area contributed by atoms with Gasteiger partial charge in [0.25, 0.3) is 0 Å². The van der Waals surface area contributed by atoms with E-state index < -0.39 is 0 Å². The van der Waals surface area contributed by atoms with E-state index in [0.717, 1.165) is 16.7 Å². The molecule has 1 aliphatic rings. The molecule has 0 aromatic heterocycles. The van der Waals surface area contributed by atoms with Crippen molar-refractivity contribution >= 4 is 11.8 Å². The Morgan fingerprint density at radius 3 is 1.72 bits per heavy atom. The molecule has 0 saturated carbocycles. The Balaban J connectivity index is 1.52. The lowest BCUT2D eigenvalue weighted by Crippen LogP contribution is -2.64. The van der Waals surface area contributed by atoms with E-state index in [9.17, 15) is 0 Å². The highest BCUT2D eigenvalue weighted by Crippen LogP contribution is 2.46. The van der Waals surface area contributed by atoms with Gasteiger partial charge in [-0.1, -0.05) is 123 Å². The topological polar surface area (TPSA) is 46.2 Å². The fourth-order valence-corrected chi connectivity index (χ4v) is 7.39. The minimum absolute atomic E-state index is 0.0685. The van der Waals surface area contributed by atoms with Crippen LogP contribution in [0.15, 0.2) is 120 Å². The summed E-state index contributed by atoms with van der Waals surface area (Å²) >= 11 is 1.80. The minimum Gasteiger partial charge on any atom is -0.381 e. The molecule has 6 atom stereocenters. The van der Waals surface area contributed by atoms with E-state index in [1.54, 1.807) is 18.9 Å². The van der Waals surface area contributed by atoms with Gasteiger partial charge in [0.1, 0.15) is 18.3 Å². The van der Waals surface area contributed by atoms with E-state index in [1.165, 1.54) is 10.5 Å². The Morgan fingerprint density at radius 2 is 1.20 bits per heavy atom. The average Bonchev–Trinajstić information content (AvgIpc) is 3.09. The first-order chi connectivity index (χ1) is 22.3. The molecular weight excluding hydrogens is 593 g/mol. The van der Waals surface area contributed by atoms with Crippen LogP contribution in [0.1, 0.15) is 43.0 Å². The van der Waals surface area contributed by atoms with E-state index in [2.05, 4.69) is 100 Å². The summed E-state index contributed by atoms with van der Waals surface area (Å²) in [4.78, 5) is 1.17. The van der Waals surface area contributed by atoms with Crippen molar-refractivity contribution in [1.82, 2.24) is 0 Å². The zero-order valence-electron chi connectivity index (χ0n) is 27.7. The maximum Gasteiger partial charge on any atom is 0.114 e. The Hall–Kier alpha value is -2.97. The van der Waals surface area contributed by atoms with Crippen LogP contribution in [-0.4, -0.2) is 49.5 Å². The summed E-state index contributed by atoms with van der Waals surface area (Å²) in [5, 5.41) is -0.0924. The predicted octanol–water partition coefficient (Wildman–Crippen LogP) is 8.67. The number of benzene rings is 4. The van der Waals surface area contributed by atoms with Crippen LogP contribution in [0, 0.1) is 12.3 Å². The van der Waals surface area contributed by atoms with Gasteiger partial charge in [0, 0.05) is 17.4 Å². The van der Waals surface area contributed by atoms with Crippen molar-refractivity contribution in [2.24, 2.45) is 5.41 Å². The number of hydrogen-bond donors (Lipinski definition) is 0. The van der Waals surface area contributed by atoms with E-state index in [4.69, 9.17) is 23.7 Å². The van der Waals surface area contributed by atoms with Crippen molar-refractivity contribution < 1.29 is 23.7 Å². The molecule has 244 valence electrons. The first-order valence-electron chi connectivity index (χ1n) is 16.2. The van der Waals surface area contributed by atoms with Gasteiger partial charge >= 0.3 is 0 Å². The van der Waals surface area contributed by atoms with Gasteiger partial charge in [-0.05, 0) is 42.7 Å². The molecule has 4 aromatic rings. The molecule has 0 aliphatic carbocycles. The summed E-state index contributed by atoms with van der Waals surface area (Å²) in [6.07, 6.45) is -1.34. The molecule has 0 amide bonds. The zero-order chi connectivity index (χ0) is 32.4. The molecule has 5 nitrogen and oxygen atoms in total. The standard InChI is InChI=1S/C40H48O5S/c1-29-21-23-34(24-22-29)46-38-37(44-27-33-19-13-8-14-20-33)36(43-26-32-17-11-7-12-18-32)35(28-42-25-31-15-9-6-10-16-31)45-39(38)40(3,4)30(2)41-5/h6-24,30,35-39H,25-28H2,1-5H3/t30-,35+,36+,37-,38+,39+/m0/s1. The molecule has 0 bridgehead atoms. The third-order valence-corrected chi connectivity index (χ3v) is 10.4. The van der Waals surface area contributed by atoms with Crippen LogP contribution in [0.2, 0.25) is 0 Å². The molecule has 46 heavy (non-hydrogen) atoms. The van der Waals surface area contributed by atoms with E-state index in [-0.39, 0.29) is 41.2 Å². The maximum absolute atomic E-state index is 7.17. The highest BCUT2D eigenvalue weighted by atomic mass is 32.2. The molecule has 0 spiro atoms. The van der Waals surface area contributed by atoms with Gasteiger partial charge in [0.15, 0.2) is 0 Å². The van der Waals surface area contributed by atoms with Crippen LogP contribution in [0.4, 0.5) is 0 Å². The molecule has 5 rings (SSSR count). The molecular formula is C40H48O5S. The summed E-state index contributed by atoms with van der Waals surface area (Å²) in [7, 11) is 1.77. The number of aryl methyl sites for hydroxylation is 1. The first-order valence-corrected chi connectivity index (χ1v) is 17.1. The molecule has 6 heteroatoms. The Bertz CT molecular complexity index is 1430. The lowest BCUT2D eigenvalue weighted by molar-refractivity contribution is -0.243. The molecule has 0 unspecified atom stereocenters. The molecule has 1 aliphatic heterocycles. The smallest absolute Gasteiger partial charge is 0.114 e. The average molecular weight is 641 g/mol. The number of hydrogen-bond acceptors (Lipinski definition) is 6. The Labute approximate surface area is 279 Å².